The molecule has 108 valence electrons. The number of nitrogens with zero attached hydrogens (tertiary/aromatic N) is 3. The number of para-hydroxylation sites is 1. The van der Waals surface area contributed by atoms with Crippen molar-refractivity contribution in [3.63, 3.8) is 0 Å². The van der Waals surface area contributed by atoms with Crippen molar-refractivity contribution in [2.75, 3.05) is 0 Å². The van der Waals surface area contributed by atoms with Crippen LogP contribution in [0, 0.1) is 0 Å². The highest BCUT2D eigenvalue weighted by molar-refractivity contribution is 5.92. The zero-order chi connectivity index (χ0) is 15.0. The lowest BCUT2D eigenvalue weighted by atomic mass is 10.2. The second-order valence-corrected chi connectivity index (χ2v) is 4.84. The van der Waals surface area contributed by atoms with Gasteiger partial charge in [-0.3, -0.25) is 4.68 Å². The van der Waals surface area contributed by atoms with Gasteiger partial charge in [0.25, 0.3) is 0 Å². The average molecular weight is 285 g/mol. The van der Waals surface area contributed by atoms with Gasteiger partial charge in [0.2, 0.25) is 11.7 Å². The molecule has 0 spiro atoms. The first-order valence-electron chi connectivity index (χ1n) is 6.77. The molecule has 0 aliphatic heterocycles. The Bertz CT molecular complexity index is 817. The van der Waals surface area contributed by atoms with Gasteiger partial charge in [0.1, 0.15) is 0 Å². The van der Waals surface area contributed by atoms with Crippen molar-refractivity contribution in [3.8, 4) is 11.6 Å². The van der Waals surface area contributed by atoms with E-state index in [9.17, 15) is 9.90 Å². The minimum atomic E-state index is -1.10. The van der Waals surface area contributed by atoms with Gasteiger partial charge in [-0.1, -0.05) is 31.5 Å². The number of carbonyl (C=O) groups is 1. The Morgan fingerprint density at radius 1 is 1.38 bits per heavy atom. The number of aromatic carboxylic acids is 1. The first-order chi connectivity index (χ1) is 10.1. The van der Waals surface area contributed by atoms with Crippen molar-refractivity contribution >= 4 is 16.9 Å². The van der Waals surface area contributed by atoms with Gasteiger partial charge in [-0.2, -0.15) is 5.10 Å². The smallest absolute Gasteiger partial charge is 0.373 e. The van der Waals surface area contributed by atoms with Crippen LogP contribution in [0.4, 0.5) is 0 Å². The quantitative estimate of drug-likeness (QED) is 0.797. The molecule has 6 nitrogen and oxygen atoms in total. The summed E-state index contributed by atoms with van der Waals surface area (Å²) in [5.74, 6) is -0.938. The van der Waals surface area contributed by atoms with Crippen LogP contribution in [-0.4, -0.2) is 25.8 Å². The highest BCUT2D eigenvalue weighted by Crippen LogP contribution is 2.28. The highest BCUT2D eigenvalue weighted by atomic mass is 16.4. The molecule has 3 rings (SSSR count). The molecule has 0 saturated carbocycles. The minimum absolute atomic E-state index is 0.0958. The fourth-order valence-electron chi connectivity index (χ4n) is 2.40. The van der Waals surface area contributed by atoms with Gasteiger partial charge in [0.05, 0.1) is 11.2 Å². The van der Waals surface area contributed by atoms with Gasteiger partial charge in [-0.05, 0) is 12.5 Å². The predicted molar refractivity (Wildman–Crippen MR) is 77.2 cm³/mol. The van der Waals surface area contributed by atoms with Gasteiger partial charge >= 0.3 is 5.97 Å². The highest BCUT2D eigenvalue weighted by Gasteiger charge is 2.22. The molecule has 0 bridgehead atoms. The number of aromatic nitrogens is 3. The van der Waals surface area contributed by atoms with E-state index in [0.717, 1.165) is 17.3 Å². The maximum absolute atomic E-state index is 11.3. The van der Waals surface area contributed by atoms with Gasteiger partial charge in [-0.25, -0.2) is 9.78 Å². The molecule has 0 saturated heterocycles. The van der Waals surface area contributed by atoms with E-state index in [2.05, 4.69) is 10.1 Å². The molecule has 0 aliphatic carbocycles. The number of hydrogen-bond acceptors (Lipinski definition) is 4. The molecule has 0 fully saturated rings. The van der Waals surface area contributed by atoms with E-state index in [4.69, 9.17) is 4.42 Å². The summed E-state index contributed by atoms with van der Waals surface area (Å²) in [6.45, 7) is 1.97. The number of oxazole rings is 1. The molecule has 2 aromatic heterocycles. The molecule has 0 unspecified atom stereocenters. The number of benzene rings is 1. The second-order valence-electron chi connectivity index (χ2n) is 4.84. The van der Waals surface area contributed by atoms with Crippen LogP contribution in [0.25, 0.3) is 22.5 Å². The van der Waals surface area contributed by atoms with Gasteiger partial charge < -0.3 is 9.52 Å². The Kier molecular flexibility index (Phi) is 3.21. The summed E-state index contributed by atoms with van der Waals surface area (Å²) >= 11 is 0. The summed E-state index contributed by atoms with van der Waals surface area (Å²) in [4.78, 5) is 15.6. The molecule has 0 radical (unpaired) electrons. The summed E-state index contributed by atoms with van der Waals surface area (Å²) in [6, 6.07) is 7.69. The Balaban J connectivity index is 2.19. The first kappa shape index (κ1) is 13.4. The molecule has 1 N–H and O–H groups in total. The van der Waals surface area contributed by atoms with Crippen LogP contribution in [0.3, 0.4) is 0 Å². The topological polar surface area (TPSA) is 81.2 Å². The normalized spacial score (nSPS) is 11.1. The van der Waals surface area contributed by atoms with E-state index < -0.39 is 5.97 Å². The Morgan fingerprint density at radius 2 is 2.14 bits per heavy atom. The largest absolute Gasteiger partial charge is 0.475 e. The lowest BCUT2D eigenvalue weighted by molar-refractivity contribution is 0.0661. The summed E-state index contributed by atoms with van der Waals surface area (Å²) in [6.07, 6.45) is 1.37. The molecule has 21 heavy (non-hydrogen) atoms. The van der Waals surface area contributed by atoms with E-state index in [-0.39, 0.29) is 11.7 Å². The fourth-order valence-corrected chi connectivity index (χ4v) is 2.40. The van der Waals surface area contributed by atoms with Crippen molar-refractivity contribution in [2.45, 2.75) is 19.8 Å². The third-order valence-electron chi connectivity index (χ3n) is 3.34. The summed E-state index contributed by atoms with van der Waals surface area (Å²) in [5.41, 5.74) is 1.98. The summed E-state index contributed by atoms with van der Waals surface area (Å²) in [7, 11) is 1.83. The van der Waals surface area contributed by atoms with Crippen molar-refractivity contribution in [1.29, 1.82) is 0 Å². The molecule has 2 heterocycles. The molecule has 3 aromatic rings. The minimum Gasteiger partial charge on any atom is -0.475 e. The Labute approximate surface area is 121 Å². The zero-order valence-electron chi connectivity index (χ0n) is 11.8. The number of carboxylic acids is 1. The number of aryl methyl sites for hydroxylation is 2. The van der Waals surface area contributed by atoms with Crippen LogP contribution in [0.5, 0.6) is 0 Å². The number of hydrogen-bond donors (Lipinski definition) is 1. The Morgan fingerprint density at radius 3 is 2.86 bits per heavy atom. The number of carboxylic acid groups (broad SMARTS) is 1. The SMILES string of the molecule is CCCc1nc(-c2nn(C)c3ccccc23)oc1C(=O)O. The molecule has 0 aliphatic rings. The molecule has 0 amide bonds. The van der Waals surface area contributed by atoms with E-state index in [0.29, 0.717) is 17.8 Å². The maximum atomic E-state index is 11.3. The van der Waals surface area contributed by atoms with Gasteiger partial charge in [0, 0.05) is 12.4 Å². The second kappa shape index (κ2) is 5.05. The van der Waals surface area contributed by atoms with Crippen molar-refractivity contribution < 1.29 is 14.3 Å². The van der Waals surface area contributed by atoms with Gasteiger partial charge in [0.15, 0.2) is 5.69 Å². The molecule has 6 heteroatoms. The van der Waals surface area contributed by atoms with Crippen molar-refractivity contribution in [3.05, 3.63) is 35.7 Å². The Hall–Kier alpha value is -2.63. The van der Waals surface area contributed by atoms with E-state index in [1.165, 1.54) is 0 Å². The average Bonchev–Trinajstić information content (AvgIpc) is 3.02. The van der Waals surface area contributed by atoms with E-state index in [1.807, 2.05) is 38.2 Å². The number of fused-ring (bicyclic) bond motifs is 1. The third kappa shape index (κ3) is 2.18. The van der Waals surface area contributed by atoms with Crippen LogP contribution in [0.2, 0.25) is 0 Å². The molecular weight excluding hydrogens is 270 g/mol. The summed E-state index contributed by atoms with van der Waals surface area (Å²) in [5, 5.41) is 14.5. The predicted octanol–water partition coefficient (Wildman–Crippen LogP) is 2.88. The van der Waals surface area contributed by atoms with E-state index in [1.54, 1.807) is 4.68 Å². The van der Waals surface area contributed by atoms with E-state index >= 15 is 0 Å². The van der Waals surface area contributed by atoms with Crippen LogP contribution in [0.15, 0.2) is 28.7 Å². The molecular formula is C15H15N3O3. The van der Waals surface area contributed by atoms with Crippen LogP contribution in [0.1, 0.15) is 29.6 Å². The van der Waals surface area contributed by atoms with Crippen molar-refractivity contribution in [2.24, 2.45) is 7.05 Å². The van der Waals surface area contributed by atoms with Crippen molar-refractivity contribution in [1.82, 2.24) is 14.8 Å². The first-order valence-corrected chi connectivity index (χ1v) is 6.77. The van der Waals surface area contributed by atoms with Crippen LogP contribution in [-0.2, 0) is 13.5 Å². The molecule has 0 atom stereocenters. The third-order valence-corrected chi connectivity index (χ3v) is 3.34. The molecule has 1 aromatic carbocycles. The standard InChI is InChI=1S/C15H15N3O3/c1-3-6-10-13(15(19)20)21-14(16-10)12-9-7-4-5-8-11(9)18(2)17-12/h4-5,7-8H,3,6H2,1-2H3,(H,19,20). The van der Waals surface area contributed by atoms with Crippen LogP contribution < -0.4 is 0 Å². The maximum Gasteiger partial charge on any atom is 0.373 e. The fraction of sp³-hybridized carbons (Fsp3) is 0.267. The summed E-state index contributed by atoms with van der Waals surface area (Å²) < 4.78 is 7.18. The lowest BCUT2D eigenvalue weighted by Crippen LogP contribution is -1.99. The monoisotopic (exact) mass is 285 g/mol. The number of rotatable bonds is 4. The van der Waals surface area contributed by atoms with Crippen LogP contribution >= 0.6 is 0 Å². The van der Waals surface area contributed by atoms with Gasteiger partial charge in [-0.15, -0.1) is 0 Å². The lowest BCUT2D eigenvalue weighted by Gasteiger charge is -1.91. The zero-order valence-corrected chi connectivity index (χ0v) is 11.8.